The standard InChI is InChI=1S/C18H27NO2/c1-2-16(14-15-6-4-3-5-7-15)19-17-8-10-18(11-9-17)20-12-13-21-18/h3-7,16-17,19H,2,8-14H2,1H3/t16-/m0/s1. The van der Waals surface area contributed by atoms with Crippen molar-refractivity contribution in [3.8, 4) is 0 Å². The van der Waals surface area contributed by atoms with Gasteiger partial charge in [-0.1, -0.05) is 37.3 Å². The molecule has 0 unspecified atom stereocenters. The van der Waals surface area contributed by atoms with Gasteiger partial charge in [-0.15, -0.1) is 0 Å². The first-order valence-corrected chi connectivity index (χ1v) is 8.37. The fourth-order valence-corrected chi connectivity index (χ4v) is 3.56. The molecule has 0 amide bonds. The first-order valence-electron chi connectivity index (χ1n) is 8.37. The van der Waals surface area contributed by atoms with Crippen molar-refractivity contribution < 1.29 is 9.47 Å². The Bertz CT molecular complexity index is 418. The highest BCUT2D eigenvalue weighted by molar-refractivity contribution is 5.15. The average Bonchev–Trinajstić information content (AvgIpc) is 2.98. The molecule has 1 N–H and O–H groups in total. The van der Waals surface area contributed by atoms with Gasteiger partial charge in [-0.2, -0.15) is 0 Å². The maximum absolute atomic E-state index is 5.81. The number of ether oxygens (including phenoxy) is 2. The molecule has 1 heterocycles. The van der Waals surface area contributed by atoms with Crippen molar-refractivity contribution in [2.24, 2.45) is 0 Å². The molecule has 0 aromatic heterocycles. The summed E-state index contributed by atoms with van der Waals surface area (Å²) in [5.41, 5.74) is 1.42. The Morgan fingerprint density at radius 3 is 2.43 bits per heavy atom. The van der Waals surface area contributed by atoms with Gasteiger partial charge in [-0.05, 0) is 31.2 Å². The van der Waals surface area contributed by atoms with Crippen molar-refractivity contribution in [2.45, 2.75) is 63.3 Å². The van der Waals surface area contributed by atoms with Crippen LogP contribution < -0.4 is 5.32 Å². The maximum atomic E-state index is 5.81. The van der Waals surface area contributed by atoms with Gasteiger partial charge in [0.1, 0.15) is 0 Å². The van der Waals surface area contributed by atoms with Crippen LogP contribution in [-0.4, -0.2) is 31.1 Å². The molecular formula is C18H27NO2. The largest absolute Gasteiger partial charge is 0.348 e. The zero-order chi connectivity index (χ0) is 14.5. The quantitative estimate of drug-likeness (QED) is 0.902. The summed E-state index contributed by atoms with van der Waals surface area (Å²) in [6, 6.07) is 12.0. The van der Waals surface area contributed by atoms with E-state index in [9.17, 15) is 0 Å². The lowest BCUT2D eigenvalue weighted by molar-refractivity contribution is -0.179. The van der Waals surface area contributed by atoms with Gasteiger partial charge in [0.15, 0.2) is 5.79 Å². The fourth-order valence-electron chi connectivity index (χ4n) is 3.56. The van der Waals surface area contributed by atoms with Crippen molar-refractivity contribution >= 4 is 0 Å². The minimum atomic E-state index is -0.237. The molecule has 3 heteroatoms. The van der Waals surface area contributed by atoms with E-state index in [0.717, 1.165) is 45.3 Å². The van der Waals surface area contributed by atoms with E-state index >= 15 is 0 Å². The molecule has 1 saturated heterocycles. The van der Waals surface area contributed by atoms with Crippen LogP contribution in [0.2, 0.25) is 0 Å². The van der Waals surface area contributed by atoms with Crippen molar-refractivity contribution in [2.75, 3.05) is 13.2 Å². The average molecular weight is 289 g/mol. The van der Waals surface area contributed by atoms with Crippen LogP contribution in [0.1, 0.15) is 44.6 Å². The van der Waals surface area contributed by atoms with Gasteiger partial charge in [-0.25, -0.2) is 0 Å². The van der Waals surface area contributed by atoms with E-state index in [2.05, 4.69) is 42.6 Å². The molecule has 3 rings (SSSR count). The molecular weight excluding hydrogens is 262 g/mol. The molecule has 1 spiro atoms. The van der Waals surface area contributed by atoms with Gasteiger partial charge in [0.05, 0.1) is 13.2 Å². The second-order valence-corrected chi connectivity index (χ2v) is 6.34. The smallest absolute Gasteiger partial charge is 0.168 e. The second kappa shape index (κ2) is 6.91. The number of nitrogens with one attached hydrogen (secondary N) is 1. The summed E-state index contributed by atoms with van der Waals surface area (Å²) in [5.74, 6) is -0.237. The van der Waals surface area contributed by atoms with Gasteiger partial charge < -0.3 is 14.8 Å². The SMILES string of the molecule is CC[C@@H](Cc1ccccc1)NC1CCC2(CC1)OCCO2. The molecule has 116 valence electrons. The van der Waals surface area contributed by atoms with Gasteiger partial charge in [-0.3, -0.25) is 0 Å². The first kappa shape index (κ1) is 15.0. The van der Waals surface area contributed by atoms with E-state index in [0.29, 0.717) is 12.1 Å². The van der Waals surface area contributed by atoms with Crippen LogP contribution in [0.5, 0.6) is 0 Å². The summed E-state index contributed by atoms with van der Waals surface area (Å²) in [7, 11) is 0. The summed E-state index contributed by atoms with van der Waals surface area (Å²) < 4.78 is 11.6. The molecule has 21 heavy (non-hydrogen) atoms. The Hall–Kier alpha value is -0.900. The first-order chi connectivity index (χ1) is 10.3. The van der Waals surface area contributed by atoms with Crippen LogP contribution in [0.3, 0.4) is 0 Å². The summed E-state index contributed by atoms with van der Waals surface area (Å²) in [6.07, 6.45) is 6.67. The maximum Gasteiger partial charge on any atom is 0.168 e. The lowest BCUT2D eigenvalue weighted by Crippen LogP contribution is -2.46. The molecule has 1 aliphatic carbocycles. The molecule has 3 nitrogen and oxygen atoms in total. The van der Waals surface area contributed by atoms with Crippen LogP contribution in [0.15, 0.2) is 30.3 Å². The molecule has 2 fully saturated rings. The Labute approximate surface area is 128 Å². The topological polar surface area (TPSA) is 30.5 Å². The van der Waals surface area contributed by atoms with Crippen molar-refractivity contribution in [1.82, 2.24) is 5.32 Å². The predicted molar refractivity (Wildman–Crippen MR) is 84.3 cm³/mol. The minimum Gasteiger partial charge on any atom is -0.348 e. The van der Waals surface area contributed by atoms with E-state index in [1.54, 1.807) is 0 Å². The van der Waals surface area contributed by atoms with E-state index < -0.39 is 0 Å². The highest BCUT2D eigenvalue weighted by atomic mass is 16.7. The molecule has 1 aromatic carbocycles. The van der Waals surface area contributed by atoms with E-state index in [-0.39, 0.29) is 5.79 Å². The lowest BCUT2D eigenvalue weighted by Gasteiger charge is -2.37. The Kier molecular flexibility index (Phi) is 4.94. The van der Waals surface area contributed by atoms with Crippen LogP contribution in [-0.2, 0) is 15.9 Å². The zero-order valence-corrected chi connectivity index (χ0v) is 13.0. The molecule has 1 aliphatic heterocycles. The predicted octanol–water partition coefficient (Wildman–Crippen LogP) is 3.28. The third-order valence-corrected chi connectivity index (χ3v) is 4.85. The molecule has 0 radical (unpaired) electrons. The third kappa shape index (κ3) is 3.85. The molecule has 1 saturated carbocycles. The molecule has 1 aromatic rings. The van der Waals surface area contributed by atoms with E-state index in [4.69, 9.17) is 9.47 Å². The lowest BCUT2D eigenvalue weighted by atomic mass is 9.89. The highest BCUT2D eigenvalue weighted by Gasteiger charge is 2.40. The summed E-state index contributed by atoms with van der Waals surface area (Å²) in [5, 5.41) is 3.85. The number of hydrogen-bond donors (Lipinski definition) is 1. The van der Waals surface area contributed by atoms with Crippen molar-refractivity contribution in [1.29, 1.82) is 0 Å². The molecule has 0 bridgehead atoms. The van der Waals surface area contributed by atoms with Crippen LogP contribution in [0.4, 0.5) is 0 Å². The summed E-state index contributed by atoms with van der Waals surface area (Å²) in [6.45, 7) is 3.81. The normalized spacial score (nSPS) is 23.5. The van der Waals surface area contributed by atoms with Gasteiger partial charge in [0.25, 0.3) is 0 Å². The van der Waals surface area contributed by atoms with Crippen LogP contribution in [0.25, 0.3) is 0 Å². The highest BCUT2D eigenvalue weighted by Crippen LogP contribution is 2.35. The summed E-state index contributed by atoms with van der Waals surface area (Å²) in [4.78, 5) is 0. The van der Waals surface area contributed by atoms with E-state index in [1.807, 2.05) is 0 Å². The fraction of sp³-hybridized carbons (Fsp3) is 0.667. The monoisotopic (exact) mass is 289 g/mol. The Morgan fingerprint density at radius 2 is 1.81 bits per heavy atom. The Morgan fingerprint density at radius 1 is 1.14 bits per heavy atom. The van der Waals surface area contributed by atoms with Crippen LogP contribution in [0, 0.1) is 0 Å². The van der Waals surface area contributed by atoms with Gasteiger partial charge >= 0.3 is 0 Å². The third-order valence-electron chi connectivity index (χ3n) is 4.85. The number of benzene rings is 1. The Balaban J connectivity index is 1.49. The van der Waals surface area contributed by atoms with Gasteiger partial charge in [0, 0.05) is 24.9 Å². The molecule has 1 atom stereocenters. The van der Waals surface area contributed by atoms with Gasteiger partial charge in [0.2, 0.25) is 0 Å². The minimum absolute atomic E-state index is 0.237. The van der Waals surface area contributed by atoms with Crippen molar-refractivity contribution in [3.05, 3.63) is 35.9 Å². The molecule has 2 aliphatic rings. The summed E-state index contributed by atoms with van der Waals surface area (Å²) >= 11 is 0. The number of rotatable bonds is 5. The van der Waals surface area contributed by atoms with Crippen LogP contribution >= 0.6 is 0 Å². The van der Waals surface area contributed by atoms with E-state index in [1.165, 1.54) is 12.0 Å². The van der Waals surface area contributed by atoms with Crippen molar-refractivity contribution in [3.63, 3.8) is 0 Å². The second-order valence-electron chi connectivity index (χ2n) is 6.34. The zero-order valence-electron chi connectivity index (χ0n) is 13.0. The number of hydrogen-bond acceptors (Lipinski definition) is 3.